The molecular weight excluding hydrogens is 140 g/mol. The minimum atomic E-state index is -0.253. The molecule has 11 heavy (non-hydrogen) atoms. The predicted octanol–water partition coefficient (Wildman–Crippen LogP) is 1.96. The van der Waals surface area contributed by atoms with Gasteiger partial charge in [-0.25, -0.2) is 0 Å². The summed E-state index contributed by atoms with van der Waals surface area (Å²) >= 11 is 0. The monoisotopic (exact) mass is 160 g/mol. The Hall–Kier alpha value is -0.0800. The van der Waals surface area contributed by atoms with Crippen molar-refractivity contribution in [1.82, 2.24) is 0 Å². The number of aliphatic hydroxyl groups is 1. The molecule has 0 bridgehead atoms. The van der Waals surface area contributed by atoms with E-state index in [1.807, 2.05) is 0 Å². The van der Waals surface area contributed by atoms with Crippen molar-refractivity contribution in [3.8, 4) is 0 Å². The second-order valence-corrected chi connectivity index (χ2v) is 2.87. The Kier molecular flexibility index (Phi) is 7.96. The van der Waals surface area contributed by atoms with E-state index in [1.165, 1.54) is 0 Å². The summed E-state index contributed by atoms with van der Waals surface area (Å²) in [6, 6.07) is 0. The van der Waals surface area contributed by atoms with Crippen LogP contribution in [0.3, 0.4) is 0 Å². The van der Waals surface area contributed by atoms with E-state index in [0.29, 0.717) is 6.61 Å². The summed E-state index contributed by atoms with van der Waals surface area (Å²) in [7, 11) is 0. The van der Waals surface area contributed by atoms with E-state index < -0.39 is 0 Å². The van der Waals surface area contributed by atoms with Gasteiger partial charge in [-0.3, -0.25) is 0 Å². The molecule has 0 aliphatic heterocycles. The first-order valence-corrected chi connectivity index (χ1v) is 4.57. The standard InChI is InChI=1S/C9H20O2/c1-3-5-7-11-8-9(10)6-4-2/h9-10H,3-8H2,1-2H3. The second kappa shape index (κ2) is 8.02. The fraction of sp³-hybridized carbons (Fsp3) is 1.00. The zero-order valence-electron chi connectivity index (χ0n) is 7.68. The molecule has 1 atom stereocenters. The maximum atomic E-state index is 9.22. The lowest BCUT2D eigenvalue weighted by molar-refractivity contribution is 0.0312. The fourth-order valence-corrected chi connectivity index (χ4v) is 0.882. The lowest BCUT2D eigenvalue weighted by Crippen LogP contribution is -2.15. The molecule has 2 nitrogen and oxygen atoms in total. The molecule has 0 aromatic rings. The Morgan fingerprint density at radius 3 is 2.55 bits per heavy atom. The maximum absolute atomic E-state index is 9.22. The third-order valence-corrected chi connectivity index (χ3v) is 1.57. The summed E-state index contributed by atoms with van der Waals surface area (Å²) in [5.41, 5.74) is 0. The van der Waals surface area contributed by atoms with Gasteiger partial charge < -0.3 is 9.84 Å². The van der Waals surface area contributed by atoms with E-state index in [1.54, 1.807) is 0 Å². The number of rotatable bonds is 7. The molecule has 0 rings (SSSR count). The Morgan fingerprint density at radius 2 is 2.00 bits per heavy atom. The molecule has 0 heterocycles. The van der Waals surface area contributed by atoms with Crippen LogP contribution in [0.2, 0.25) is 0 Å². The van der Waals surface area contributed by atoms with Crippen LogP contribution in [0.25, 0.3) is 0 Å². The highest BCUT2D eigenvalue weighted by atomic mass is 16.5. The highest BCUT2D eigenvalue weighted by Gasteiger charge is 2.00. The summed E-state index contributed by atoms with van der Waals surface area (Å²) in [6.45, 7) is 5.49. The first-order valence-electron chi connectivity index (χ1n) is 4.57. The molecule has 68 valence electrons. The Bertz CT molecular complexity index is 74.0. The zero-order chi connectivity index (χ0) is 8.53. The van der Waals surface area contributed by atoms with E-state index in [2.05, 4.69) is 13.8 Å². The molecule has 0 aliphatic rings. The van der Waals surface area contributed by atoms with Crippen molar-refractivity contribution < 1.29 is 9.84 Å². The molecule has 0 fully saturated rings. The maximum Gasteiger partial charge on any atom is 0.0773 e. The van der Waals surface area contributed by atoms with Gasteiger partial charge in [0, 0.05) is 6.61 Å². The van der Waals surface area contributed by atoms with Crippen LogP contribution in [-0.4, -0.2) is 24.4 Å². The summed E-state index contributed by atoms with van der Waals surface area (Å²) in [5.74, 6) is 0. The molecule has 0 saturated heterocycles. The van der Waals surface area contributed by atoms with E-state index in [9.17, 15) is 5.11 Å². The average Bonchev–Trinajstić information content (AvgIpc) is 1.99. The van der Waals surface area contributed by atoms with Crippen LogP contribution in [0.5, 0.6) is 0 Å². The van der Waals surface area contributed by atoms with Crippen molar-refractivity contribution in [3.05, 3.63) is 0 Å². The largest absolute Gasteiger partial charge is 0.391 e. The van der Waals surface area contributed by atoms with E-state index >= 15 is 0 Å². The molecule has 0 aromatic heterocycles. The molecule has 1 unspecified atom stereocenters. The number of unbranched alkanes of at least 4 members (excludes halogenated alkanes) is 1. The molecule has 0 aliphatic carbocycles. The third-order valence-electron chi connectivity index (χ3n) is 1.57. The van der Waals surface area contributed by atoms with Gasteiger partial charge in [0.1, 0.15) is 0 Å². The highest BCUT2D eigenvalue weighted by molar-refractivity contribution is 4.51. The van der Waals surface area contributed by atoms with E-state index in [4.69, 9.17) is 4.74 Å². The van der Waals surface area contributed by atoms with Crippen LogP contribution >= 0.6 is 0 Å². The van der Waals surface area contributed by atoms with Crippen LogP contribution in [0.1, 0.15) is 39.5 Å². The van der Waals surface area contributed by atoms with Crippen molar-refractivity contribution in [2.24, 2.45) is 0 Å². The Labute approximate surface area is 69.6 Å². The minimum Gasteiger partial charge on any atom is -0.391 e. The van der Waals surface area contributed by atoms with E-state index in [0.717, 1.165) is 32.3 Å². The molecule has 1 N–H and O–H groups in total. The van der Waals surface area contributed by atoms with Crippen LogP contribution in [0.4, 0.5) is 0 Å². The molecule has 2 heteroatoms. The van der Waals surface area contributed by atoms with Crippen LogP contribution in [-0.2, 0) is 4.74 Å². The van der Waals surface area contributed by atoms with Gasteiger partial charge in [-0.05, 0) is 12.8 Å². The molecule has 0 amide bonds. The topological polar surface area (TPSA) is 29.5 Å². The van der Waals surface area contributed by atoms with Crippen molar-refractivity contribution in [3.63, 3.8) is 0 Å². The van der Waals surface area contributed by atoms with Gasteiger partial charge >= 0.3 is 0 Å². The average molecular weight is 160 g/mol. The lowest BCUT2D eigenvalue weighted by Gasteiger charge is -2.08. The number of hydrogen-bond acceptors (Lipinski definition) is 2. The van der Waals surface area contributed by atoms with Crippen LogP contribution in [0.15, 0.2) is 0 Å². The quantitative estimate of drug-likeness (QED) is 0.577. The second-order valence-electron chi connectivity index (χ2n) is 2.87. The van der Waals surface area contributed by atoms with Crippen molar-refractivity contribution in [2.75, 3.05) is 13.2 Å². The lowest BCUT2D eigenvalue weighted by atomic mass is 10.2. The molecule has 0 saturated carbocycles. The smallest absolute Gasteiger partial charge is 0.0773 e. The molecule has 0 radical (unpaired) electrons. The molecule has 0 spiro atoms. The first kappa shape index (κ1) is 10.9. The minimum absolute atomic E-state index is 0.253. The van der Waals surface area contributed by atoms with Gasteiger partial charge in [-0.1, -0.05) is 26.7 Å². The SMILES string of the molecule is CCCCOCC(O)CCC. The van der Waals surface area contributed by atoms with Gasteiger partial charge in [0.2, 0.25) is 0 Å². The van der Waals surface area contributed by atoms with Crippen molar-refractivity contribution in [1.29, 1.82) is 0 Å². The molecular formula is C9H20O2. The number of aliphatic hydroxyl groups excluding tert-OH is 1. The van der Waals surface area contributed by atoms with Crippen molar-refractivity contribution >= 4 is 0 Å². The first-order chi connectivity index (χ1) is 5.31. The van der Waals surface area contributed by atoms with Crippen LogP contribution < -0.4 is 0 Å². The summed E-state index contributed by atoms with van der Waals surface area (Å²) in [4.78, 5) is 0. The fourth-order valence-electron chi connectivity index (χ4n) is 0.882. The zero-order valence-corrected chi connectivity index (χ0v) is 7.68. The summed E-state index contributed by atoms with van der Waals surface area (Å²) in [6.07, 6.45) is 3.88. The highest BCUT2D eigenvalue weighted by Crippen LogP contribution is 1.97. The normalized spacial score (nSPS) is 13.4. The Morgan fingerprint density at radius 1 is 1.27 bits per heavy atom. The number of hydrogen-bond donors (Lipinski definition) is 1. The number of ether oxygens (including phenoxy) is 1. The summed E-state index contributed by atoms with van der Waals surface area (Å²) < 4.78 is 5.24. The van der Waals surface area contributed by atoms with Crippen molar-refractivity contribution in [2.45, 2.75) is 45.6 Å². The predicted molar refractivity (Wildman–Crippen MR) is 46.6 cm³/mol. The van der Waals surface area contributed by atoms with Gasteiger partial charge in [-0.15, -0.1) is 0 Å². The molecule has 0 aromatic carbocycles. The van der Waals surface area contributed by atoms with Gasteiger partial charge in [0.25, 0.3) is 0 Å². The third kappa shape index (κ3) is 7.82. The van der Waals surface area contributed by atoms with Gasteiger partial charge in [0.15, 0.2) is 0 Å². The summed E-state index contributed by atoms with van der Waals surface area (Å²) in [5, 5.41) is 9.22. The van der Waals surface area contributed by atoms with E-state index in [-0.39, 0.29) is 6.10 Å². The van der Waals surface area contributed by atoms with Crippen LogP contribution in [0, 0.1) is 0 Å². The van der Waals surface area contributed by atoms with Gasteiger partial charge in [-0.2, -0.15) is 0 Å². The van der Waals surface area contributed by atoms with Gasteiger partial charge in [0.05, 0.1) is 12.7 Å². The Balaban J connectivity index is 2.97.